The molecule has 0 aliphatic carbocycles. The average molecular weight is 345 g/mol. The van der Waals surface area contributed by atoms with E-state index in [0.29, 0.717) is 22.6 Å². The van der Waals surface area contributed by atoms with Gasteiger partial charge in [-0.3, -0.25) is 4.79 Å². The number of hydrogen-bond donors (Lipinski definition) is 0. The number of carbonyl (C=O) groups is 1. The first kappa shape index (κ1) is 14.0. The SMILES string of the molecule is [C-]#[N+]c1cc(C)c2cc3c(cc2n1)C(=O)C(Br)C(C)(C)O3. The fourth-order valence-corrected chi connectivity index (χ4v) is 2.87. The zero-order chi connectivity index (χ0) is 15.4. The Hall–Kier alpha value is -1.93. The lowest BCUT2D eigenvalue weighted by atomic mass is 9.91. The number of Topliss-reactive ketones (excluding diaryl/α,β-unsaturated/α-hetero) is 1. The first-order valence-electron chi connectivity index (χ1n) is 6.53. The third kappa shape index (κ3) is 2.11. The summed E-state index contributed by atoms with van der Waals surface area (Å²) in [4.78, 5) is 19.7. The Kier molecular flexibility index (Phi) is 3.03. The van der Waals surface area contributed by atoms with E-state index in [1.807, 2.05) is 26.8 Å². The molecule has 21 heavy (non-hydrogen) atoms. The number of ether oxygens (including phenoxy) is 1. The predicted octanol–water partition coefficient (Wildman–Crippen LogP) is 4.21. The Balaban J connectivity index is 2.30. The smallest absolute Gasteiger partial charge is 0.270 e. The number of nitrogens with zero attached hydrogens (tertiary/aromatic N) is 2. The van der Waals surface area contributed by atoms with Gasteiger partial charge in [0.2, 0.25) is 0 Å². The molecular formula is C16H13BrN2O2. The van der Waals surface area contributed by atoms with Crippen LogP contribution >= 0.6 is 15.9 Å². The van der Waals surface area contributed by atoms with Gasteiger partial charge in [-0.2, -0.15) is 0 Å². The van der Waals surface area contributed by atoms with E-state index in [4.69, 9.17) is 11.3 Å². The number of pyridine rings is 1. The molecule has 1 unspecified atom stereocenters. The summed E-state index contributed by atoms with van der Waals surface area (Å²) in [5.74, 6) is 0.893. The molecule has 2 heterocycles. The highest BCUT2D eigenvalue weighted by Crippen LogP contribution is 2.39. The van der Waals surface area contributed by atoms with Gasteiger partial charge in [0, 0.05) is 11.5 Å². The summed E-state index contributed by atoms with van der Waals surface area (Å²) >= 11 is 3.41. The second-order valence-electron chi connectivity index (χ2n) is 5.71. The summed E-state index contributed by atoms with van der Waals surface area (Å²) in [6.07, 6.45) is 0. The van der Waals surface area contributed by atoms with Gasteiger partial charge in [0.1, 0.15) is 16.2 Å². The average Bonchev–Trinajstić information content (AvgIpc) is 2.44. The molecular weight excluding hydrogens is 332 g/mol. The van der Waals surface area contributed by atoms with Crippen molar-refractivity contribution in [2.45, 2.75) is 31.2 Å². The number of benzene rings is 1. The minimum absolute atomic E-state index is 0.0178. The lowest BCUT2D eigenvalue weighted by Gasteiger charge is -2.35. The first-order valence-corrected chi connectivity index (χ1v) is 7.45. The Morgan fingerprint density at radius 3 is 2.76 bits per heavy atom. The number of fused-ring (bicyclic) bond motifs is 2. The Morgan fingerprint density at radius 2 is 2.10 bits per heavy atom. The van der Waals surface area contributed by atoms with Crippen LogP contribution in [0, 0.1) is 13.5 Å². The van der Waals surface area contributed by atoms with E-state index in [1.165, 1.54) is 0 Å². The second kappa shape index (κ2) is 4.54. The number of hydrogen-bond acceptors (Lipinski definition) is 3. The van der Waals surface area contributed by atoms with E-state index < -0.39 is 10.4 Å². The van der Waals surface area contributed by atoms with Crippen molar-refractivity contribution >= 4 is 38.4 Å². The molecule has 1 atom stereocenters. The third-order valence-electron chi connectivity index (χ3n) is 3.70. The van der Waals surface area contributed by atoms with Crippen molar-refractivity contribution in [2.24, 2.45) is 0 Å². The number of aryl methyl sites for hydroxylation is 1. The number of rotatable bonds is 0. The molecule has 5 heteroatoms. The number of ketones is 1. The molecule has 0 bridgehead atoms. The van der Waals surface area contributed by atoms with Gasteiger partial charge >= 0.3 is 0 Å². The van der Waals surface area contributed by atoms with Crippen molar-refractivity contribution in [3.05, 3.63) is 40.7 Å². The topological polar surface area (TPSA) is 43.5 Å². The zero-order valence-electron chi connectivity index (χ0n) is 11.9. The summed E-state index contributed by atoms with van der Waals surface area (Å²) in [5, 5.41) is 0.901. The van der Waals surface area contributed by atoms with Crippen molar-refractivity contribution in [2.75, 3.05) is 0 Å². The van der Waals surface area contributed by atoms with Crippen LogP contribution < -0.4 is 4.74 Å². The zero-order valence-corrected chi connectivity index (χ0v) is 13.5. The highest BCUT2D eigenvalue weighted by molar-refractivity contribution is 9.10. The number of halogens is 1. The number of carbonyl (C=O) groups excluding carboxylic acids is 1. The Morgan fingerprint density at radius 1 is 1.38 bits per heavy atom. The monoisotopic (exact) mass is 344 g/mol. The predicted molar refractivity (Wildman–Crippen MR) is 84.5 cm³/mol. The van der Waals surface area contributed by atoms with Gasteiger partial charge in [-0.25, -0.2) is 0 Å². The van der Waals surface area contributed by atoms with E-state index in [1.54, 1.807) is 12.1 Å². The van der Waals surface area contributed by atoms with Crippen molar-refractivity contribution < 1.29 is 9.53 Å². The molecule has 106 valence electrons. The molecule has 0 N–H and O–H groups in total. The van der Waals surface area contributed by atoms with Crippen LogP contribution in [0.3, 0.4) is 0 Å². The van der Waals surface area contributed by atoms with Crippen LogP contribution in [0.4, 0.5) is 5.82 Å². The third-order valence-corrected chi connectivity index (χ3v) is 5.22. The Bertz CT molecular complexity index is 821. The largest absolute Gasteiger partial charge is 0.485 e. The van der Waals surface area contributed by atoms with Gasteiger partial charge in [-0.05, 0) is 38.5 Å². The van der Waals surface area contributed by atoms with Crippen LogP contribution in [-0.2, 0) is 0 Å². The van der Waals surface area contributed by atoms with E-state index >= 15 is 0 Å². The fraction of sp³-hybridized carbons (Fsp3) is 0.312. The van der Waals surface area contributed by atoms with Crippen molar-refractivity contribution in [3.63, 3.8) is 0 Å². The van der Waals surface area contributed by atoms with Gasteiger partial charge in [0.05, 0.1) is 5.56 Å². The number of aromatic nitrogens is 1. The molecule has 0 fully saturated rings. The molecule has 1 aliphatic rings. The van der Waals surface area contributed by atoms with Gasteiger partial charge < -0.3 is 9.58 Å². The summed E-state index contributed by atoms with van der Waals surface area (Å²) in [6, 6.07) is 5.31. The molecule has 1 aromatic heterocycles. The highest BCUT2D eigenvalue weighted by Gasteiger charge is 2.42. The summed E-state index contributed by atoms with van der Waals surface area (Å²) in [5.41, 5.74) is 1.51. The van der Waals surface area contributed by atoms with E-state index in [0.717, 1.165) is 10.9 Å². The maximum Gasteiger partial charge on any atom is 0.270 e. The van der Waals surface area contributed by atoms with Crippen molar-refractivity contribution in [1.29, 1.82) is 0 Å². The van der Waals surface area contributed by atoms with Crippen molar-refractivity contribution in [3.8, 4) is 5.75 Å². The standard InChI is InChI=1S/C16H13BrN2O2/c1-8-5-13(18-4)19-11-6-10-12(7-9(8)11)21-16(2,3)15(17)14(10)20/h5-7,15H,1-3H3. The molecule has 3 rings (SSSR count). The lowest BCUT2D eigenvalue weighted by molar-refractivity contribution is 0.0669. The van der Waals surface area contributed by atoms with Crippen molar-refractivity contribution in [1.82, 2.24) is 4.98 Å². The van der Waals surface area contributed by atoms with Gasteiger partial charge in [-0.1, -0.05) is 22.5 Å². The fourth-order valence-electron chi connectivity index (χ4n) is 2.53. The molecule has 1 aromatic carbocycles. The van der Waals surface area contributed by atoms with Crippen LogP contribution in [0.2, 0.25) is 0 Å². The number of alkyl halides is 1. The Labute approximate surface area is 131 Å². The normalized spacial score (nSPS) is 19.8. The van der Waals surface area contributed by atoms with Gasteiger partial charge in [-0.15, -0.1) is 4.98 Å². The molecule has 0 saturated heterocycles. The summed E-state index contributed by atoms with van der Waals surface area (Å²) in [6.45, 7) is 12.8. The van der Waals surface area contributed by atoms with Crippen LogP contribution in [0.5, 0.6) is 5.75 Å². The van der Waals surface area contributed by atoms with E-state index in [-0.39, 0.29) is 5.78 Å². The van der Waals surface area contributed by atoms with E-state index in [9.17, 15) is 4.79 Å². The lowest BCUT2D eigenvalue weighted by Crippen LogP contribution is -2.46. The highest BCUT2D eigenvalue weighted by atomic mass is 79.9. The maximum absolute atomic E-state index is 12.5. The van der Waals surface area contributed by atoms with Gasteiger partial charge in [0.25, 0.3) is 5.82 Å². The molecule has 0 radical (unpaired) electrons. The first-order chi connectivity index (χ1) is 9.83. The van der Waals surface area contributed by atoms with E-state index in [2.05, 4.69) is 25.8 Å². The molecule has 4 nitrogen and oxygen atoms in total. The molecule has 0 saturated carbocycles. The minimum Gasteiger partial charge on any atom is -0.485 e. The molecule has 2 aromatic rings. The quantitative estimate of drug-likeness (QED) is 0.531. The van der Waals surface area contributed by atoms with Crippen LogP contribution in [0.1, 0.15) is 29.8 Å². The summed E-state index contributed by atoms with van der Waals surface area (Å²) < 4.78 is 5.97. The van der Waals surface area contributed by atoms with Gasteiger partial charge in [0.15, 0.2) is 11.3 Å². The minimum atomic E-state index is -0.602. The van der Waals surface area contributed by atoms with Crippen LogP contribution in [0.25, 0.3) is 15.7 Å². The van der Waals surface area contributed by atoms with Crippen LogP contribution in [0.15, 0.2) is 18.2 Å². The second-order valence-corrected chi connectivity index (χ2v) is 6.62. The molecule has 0 spiro atoms. The maximum atomic E-state index is 12.5. The van der Waals surface area contributed by atoms with Crippen LogP contribution in [-0.4, -0.2) is 21.2 Å². The summed E-state index contributed by atoms with van der Waals surface area (Å²) in [7, 11) is 0. The molecule has 0 amide bonds. The molecule has 1 aliphatic heterocycles.